The second-order valence-corrected chi connectivity index (χ2v) is 8.25. The lowest BCUT2D eigenvalue weighted by molar-refractivity contribution is -0.115. The largest absolute Gasteiger partial charge is 0.353 e. The molecule has 0 atom stereocenters. The monoisotopic (exact) mass is 436 g/mol. The van der Waals surface area contributed by atoms with Crippen molar-refractivity contribution < 1.29 is 9.18 Å². The number of H-pyrrole nitrogens is 1. The third kappa shape index (κ3) is 4.25. The number of aromatic nitrogens is 3. The molecule has 0 unspecified atom stereocenters. The standard InChI is InChI=1S/C23H21FN4O2S/c1-14-5-4-6-18(11-14)27(3)20(29)13-31-23-26-19-12-15(2)25-21(19)22(30)28(23)17-9-7-16(24)8-10-17/h4-12,25H,13H2,1-3H3. The molecule has 0 aliphatic heterocycles. The van der Waals surface area contributed by atoms with Gasteiger partial charge in [-0.1, -0.05) is 23.9 Å². The minimum absolute atomic E-state index is 0.0903. The summed E-state index contributed by atoms with van der Waals surface area (Å²) in [6, 6.07) is 15.1. The van der Waals surface area contributed by atoms with Gasteiger partial charge in [-0.3, -0.25) is 14.2 Å². The SMILES string of the molecule is Cc1cccc(N(C)C(=O)CSc2nc3cc(C)[nH]c3c(=O)n2-c2ccc(F)cc2)c1. The van der Waals surface area contributed by atoms with Gasteiger partial charge < -0.3 is 9.88 Å². The zero-order chi connectivity index (χ0) is 22.1. The number of carbonyl (C=O) groups excluding carboxylic acids is 1. The lowest BCUT2D eigenvalue weighted by Gasteiger charge is -2.18. The number of thioether (sulfide) groups is 1. The van der Waals surface area contributed by atoms with Crippen molar-refractivity contribution in [2.75, 3.05) is 17.7 Å². The van der Waals surface area contributed by atoms with Crippen LogP contribution in [0.15, 0.2) is 64.5 Å². The number of fused-ring (bicyclic) bond motifs is 1. The maximum atomic E-state index is 13.4. The molecule has 4 aromatic rings. The number of aromatic amines is 1. The maximum absolute atomic E-state index is 13.4. The van der Waals surface area contributed by atoms with E-state index in [0.717, 1.165) is 16.9 Å². The molecule has 6 nitrogen and oxygen atoms in total. The smallest absolute Gasteiger partial charge is 0.283 e. The van der Waals surface area contributed by atoms with Gasteiger partial charge in [-0.25, -0.2) is 9.37 Å². The number of nitrogens with zero attached hydrogens (tertiary/aromatic N) is 3. The minimum Gasteiger partial charge on any atom is -0.353 e. The van der Waals surface area contributed by atoms with Crippen LogP contribution in [0.25, 0.3) is 16.7 Å². The Morgan fingerprint density at radius 1 is 1.16 bits per heavy atom. The van der Waals surface area contributed by atoms with Crippen molar-refractivity contribution in [3.05, 3.63) is 82.0 Å². The Morgan fingerprint density at radius 2 is 1.90 bits per heavy atom. The predicted octanol–water partition coefficient (Wildman–Crippen LogP) is 4.22. The van der Waals surface area contributed by atoms with Crippen LogP contribution < -0.4 is 10.5 Å². The van der Waals surface area contributed by atoms with Gasteiger partial charge in [0.25, 0.3) is 5.56 Å². The average molecular weight is 437 g/mol. The summed E-state index contributed by atoms with van der Waals surface area (Å²) in [5, 5.41) is 0.370. The van der Waals surface area contributed by atoms with E-state index in [2.05, 4.69) is 9.97 Å². The van der Waals surface area contributed by atoms with Crippen molar-refractivity contribution in [3.8, 4) is 5.69 Å². The average Bonchev–Trinajstić information content (AvgIpc) is 3.13. The molecule has 2 aromatic heterocycles. The van der Waals surface area contributed by atoms with Crippen LogP contribution in [-0.4, -0.2) is 33.2 Å². The van der Waals surface area contributed by atoms with E-state index in [4.69, 9.17) is 0 Å². The van der Waals surface area contributed by atoms with Gasteiger partial charge >= 0.3 is 0 Å². The summed E-state index contributed by atoms with van der Waals surface area (Å²) in [7, 11) is 1.72. The minimum atomic E-state index is -0.397. The molecule has 0 fully saturated rings. The van der Waals surface area contributed by atoms with Gasteiger partial charge in [0, 0.05) is 18.4 Å². The summed E-state index contributed by atoms with van der Waals surface area (Å²) in [6.07, 6.45) is 0. The number of hydrogen-bond acceptors (Lipinski definition) is 4. The molecule has 0 spiro atoms. The predicted molar refractivity (Wildman–Crippen MR) is 122 cm³/mol. The number of carbonyl (C=O) groups is 1. The number of halogens is 1. The number of anilines is 1. The molecule has 1 N–H and O–H groups in total. The number of amides is 1. The summed E-state index contributed by atoms with van der Waals surface area (Å²) in [5.74, 6) is -0.431. The fourth-order valence-corrected chi connectivity index (χ4v) is 4.22. The van der Waals surface area contributed by atoms with Crippen LogP contribution in [0, 0.1) is 19.7 Å². The Kier molecular flexibility index (Phi) is 5.65. The first-order valence-electron chi connectivity index (χ1n) is 9.68. The van der Waals surface area contributed by atoms with Gasteiger partial charge in [0.1, 0.15) is 11.3 Å². The van der Waals surface area contributed by atoms with E-state index in [1.165, 1.54) is 40.6 Å². The molecule has 0 saturated heterocycles. The van der Waals surface area contributed by atoms with Crippen LogP contribution in [0.3, 0.4) is 0 Å². The molecular formula is C23H21FN4O2S. The Labute approximate surface area is 182 Å². The highest BCUT2D eigenvalue weighted by Gasteiger charge is 2.18. The van der Waals surface area contributed by atoms with Crippen molar-refractivity contribution in [2.24, 2.45) is 0 Å². The highest BCUT2D eigenvalue weighted by atomic mass is 32.2. The first-order chi connectivity index (χ1) is 14.8. The van der Waals surface area contributed by atoms with Gasteiger partial charge in [0.2, 0.25) is 5.91 Å². The molecule has 0 saturated carbocycles. The van der Waals surface area contributed by atoms with Crippen molar-refractivity contribution in [3.63, 3.8) is 0 Å². The zero-order valence-electron chi connectivity index (χ0n) is 17.3. The van der Waals surface area contributed by atoms with Gasteiger partial charge in [-0.15, -0.1) is 0 Å². The summed E-state index contributed by atoms with van der Waals surface area (Å²) >= 11 is 1.17. The number of aryl methyl sites for hydroxylation is 2. The van der Waals surface area contributed by atoms with Crippen molar-refractivity contribution in [1.82, 2.24) is 14.5 Å². The quantitative estimate of drug-likeness (QED) is 0.376. The summed E-state index contributed by atoms with van der Waals surface area (Å²) in [4.78, 5) is 35.2. The van der Waals surface area contributed by atoms with Gasteiger partial charge in [0.15, 0.2) is 5.16 Å². The fraction of sp³-hybridized carbons (Fsp3) is 0.174. The molecule has 2 aromatic carbocycles. The molecule has 0 radical (unpaired) electrons. The van der Waals surface area contributed by atoms with Crippen LogP contribution in [0.5, 0.6) is 0 Å². The summed E-state index contributed by atoms with van der Waals surface area (Å²) in [5.41, 5.74) is 3.75. The first-order valence-corrected chi connectivity index (χ1v) is 10.7. The molecule has 0 aliphatic carbocycles. The van der Waals surface area contributed by atoms with Crippen LogP contribution >= 0.6 is 11.8 Å². The van der Waals surface area contributed by atoms with Crippen molar-refractivity contribution >= 4 is 34.4 Å². The van der Waals surface area contributed by atoms with Crippen LogP contribution in [0.1, 0.15) is 11.3 Å². The van der Waals surface area contributed by atoms with E-state index < -0.39 is 5.82 Å². The second kappa shape index (κ2) is 8.39. The van der Waals surface area contributed by atoms with E-state index in [0.29, 0.717) is 21.9 Å². The van der Waals surface area contributed by atoms with E-state index in [1.54, 1.807) is 18.0 Å². The molecule has 8 heteroatoms. The first kappa shape index (κ1) is 20.9. The van der Waals surface area contributed by atoms with Crippen LogP contribution in [-0.2, 0) is 4.79 Å². The third-order valence-corrected chi connectivity index (χ3v) is 5.85. The number of hydrogen-bond donors (Lipinski definition) is 1. The van der Waals surface area contributed by atoms with E-state index in [9.17, 15) is 14.0 Å². The molecule has 31 heavy (non-hydrogen) atoms. The van der Waals surface area contributed by atoms with Gasteiger partial charge in [-0.05, 0) is 61.9 Å². The van der Waals surface area contributed by atoms with Gasteiger partial charge in [0.05, 0.1) is 17.0 Å². The number of nitrogens with one attached hydrogen (secondary N) is 1. The molecule has 0 bridgehead atoms. The fourth-order valence-electron chi connectivity index (χ4n) is 3.30. The Bertz CT molecular complexity index is 1330. The summed E-state index contributed by atoms with van der Waals surface area (Å²) in [6.45, 7) is 3.81. The lowest BCUT2D eigenvalue weighted by atomic mass is 10.2. The van der Waals surface area contributed by atoms with E-state index in [1.807, 2.05) is 38.1 Å². The Balaban J connectivity index is 1.69. The highest BCUT2D eigenvalue weighted by molar-refractivity contribution is 7.99. The second-order valence-electron chi connectivity index (χ2n) is 7.30. The normalized spacial score (nSPS) is 11.1. The van der Waals surface area contributed by atoms with Gasteiger partial charge in [-0.2, -0.15) is 0 Å². The van der Waals surface area contributed by atoms with E-state index in [-0.39, 0.29) is 17.2 Å². The van der Waals surface area contributed by atoms with Crippen molar-refractivity contribution in [2.45, 2.75) is 19.0 Å². The Morgan fingerprint density at radius 3 is 2.61 bits per heavy atom. The molecule has 158 valence electrons. The van der Waals surface area contributed by atoms with Crippen molar-refractivity contribution in [1.29, 1.82) is 0 Å². The highest BCUT2D eigenvalue weighted by Crippen LogP contribution is 2.23. The Hall–Kier alpha value is -3.39. The zero-order valence-corrected chi connectivity index (χ0v) is 18.2. The van der Waals surface area contributed by atoms with Crippen LogP contribution in [0.4, 0.5) is 10.1 Å². The molecule has 4 rings (SSSR count). The third-order valence-electron chi connectivity index (χ3n) is 4.93. The van der Waals surface area contributed by atoms with E-state index >= 15 is 0 Å². The topological polar surface area (TPSA) is 71.0 Å². The van der Waals surface area contributed by atoms with Crippen LogP contribution in [0.2, 0.25) is 0 Å². The lowest BCUT2D eigenvalue weighted by Crippen LogP contribution is -2.28. The summed E-state index contributed by atoms with van der Waals surface area (Å²) < 4.78 is 14.8. The molecule has 1 amide bonds. The molecule has 2 heterocycles. The molecular weight excluding hydrogens is 415 g/mol. The number of benzene rings is 2. The molecule has 0 aliphatic rings. The maximum Gasteiger partial charge on any atom is 0.283 e. The number of rotatable bonds is 5.